The van der Waals surface area contributed by atoms with Crippen molar-refractivity contribution in [2.45, 2.75) is 19.3 Å². The molecule has 143 heavy (non-hydrogen) atoms. The average Bonchev–Trinajstić information content (AvgIpc) is 1.51. The van der Waals surface area contributed by atoms with Crippen LogP contribution < -0.4 is 0 Å². The van der Waals surface area contributed by atoms with E-state index in [1.165, 1.54) is 76.1 Å². The number of benzene rings is 20. The van der Waals surface area contributed by atoms with E-state index < -0.39 is 0 Å². The molecule has 8 heterocycles. The van der Waals surface area contributed by atoms with E-state index in [2.05, 4.69) is 402 Å². The molecule has 0 radical (unpaired) electrons. The molecule has 0 saturated carbocycles. The number of hydrogen-bond donors (Lipinski definition) is 0. The summed E-state index contributed by atoms with van der Waals surface area (Å²) < 4.78 is 4.52. The van der Waals surface area contributed by atoms with Gasteiger partial charge in [0, 0.05) is 141 Å². The minimum Gasteiger partial charge on any atom is -0.309 e. The van der Waals surface area contributed by atoms with Crippen molar-refractivity contribution in [3.8, 4) is 108 Å². The van der Waals surface area contributed by atoms with Crippen LogP contribution in [-0.4, -0.2) is 39.0 Å². The molecule has 1 aliphatic rings. The fourth-order valence-electron chi connectivity index (χ4n) is 22.9. The van der Waals surface area contributed by atoms with Gasteiger partial charge in [-0.25, -0.2) is 15.0 Å². The van der Waals surface area contributed by atoms with Gasteiger partial charge < -0.3 is 9.13 Å². The highest BCUT2D eigenvalue weighted by Crippen LogP contribution is 2.53. The predicted molar refractivity (Wildman–Crippen MR) is 589 cm³/mol. The van der Waals surface area contributed by atoms with Gasteiger partial charge in [0.1, 0.15) is 0 Å². The van der Waals surface area contributed by atoms with E-state index in [-0.39, 0.29) is 5.41 Å². The zero-order valence-electron chi connectivity index (χ0n) is 77.6. The summed E-state index contributed by atoms with van der Waals surface area (Å²) in [6.07, 6.45) is 11.5. The number of pyridine rings is 6. The Balaban J connectivity index is 0.000000107. The first kappa shape index (κ1) is 82.9. The third-order valence-electron chi connectivity index (χ3n) is 29.5. The summed E-state index contributed by atoms with van der Waals surface area (Å²) in [4.78, 5) is 30.1. The van der Waals surface area contributed by atoms with Crippen LogP contribution in [0.5, 0.6) is 0 Å². The van der Waals surface area contributed by atoms with Crippen molar-refractivity contribution in [2.24, 2.45) is 0 Å². The molecule has 0 amide bonds. The maximum atomic E-state index is 9.75. The monoisotopic (exact) mass is 1820 g/mol. The zero-order chi connectivity index (χ0) is 95.2. The minimum absolute atomic E-state index is 0.198. The standard InChI is InChI=1S/2C45H26N4.C42H27N3/c46-26-28-17-19-35-39-25-30(18-20-41(39)49(42(35)23-28)32-11-2-1-3-12-32)29-9-8-10-31(24-29)44-40-27-47-22-21-37(40)43-36-15-6-4-13-33(36)34-14-5-7-16-38(34)45(43)48-44;46-26-28-17-19-41-38(23-28)39-25-30(18-20-42(39)49(41)32-11-2-1-3-12-32)29-9-8-10-31(24-29)44-40-27-47-22-21-36(40)43-35-15-6-4-13-33(35)34-14-5-7-16-37(34)45(43)48-44;1-42(2)37-20-25(23-43)14-16-31(37)32-17-15-27(22-38(32)42)26-8-7-9-28(21-26)40-36-24-44-19-18-34(36)39-33-12-5-3-10-29(33)30-11-4-6-13-35(30)41(39)45-40/h2*1-25,27H;3-22,24H,1-2H3. The highest BCUT2D eigenvalue weighted by molar-refractivity contribution is 6.35. The third-order valence-corrected chi connectivity index (χ3v) is 29.5. The fourth-order valence-corrected chi connectivity index (χ4v) is 22.9. The van der Waals surface area contributed by atoms with Crippen LogP contribution >= 0.6 is 0 Å². The van der Waals surface area contributed by atoms with Crippen LogP contribution in [0.2, 0.25) is 0 Å². The summed E-state index contributed by atoms with van der Waals surface area (Å²) in [5.41, 5.74) is 28.8. The summed E-state index contributed by atoms with van der Waals surface area (Å²) in [5, 5.41) is 57.8. The van der Waals surface area contributed by atoms with Crippen LogP contribution in [0, 0.1) is 34.0 Å². The van der Waals surface area contributed by atoms with Crippen molar-refractivity contribution in [1.82, 2.24) is 39.0 Å². The second kappa shape index (κ2) is 33.2. The first-order valence-electron chi connectivity index (χ1n) is 48.1. The van der Waals surface area contributed by atoms with Crippen molar-refractivity contribution in [1.29, 1.82) is 15.8 Å². The summed E-state index contributed by atoms with van der Waals surface area (Å²) in [7, 11) is 0. The summed E-state index contributed by atoms with van der Waals surface area (Å²) in [6, 6.07) is 150. The lowest BCUT2D eigenvalue weighted by atomic mass is 9.81. The number of aromatic nitrogens is 8. The normalized spacial score (nSPS) is 12.2. The van der Waals surface area contributed by atoms with Crippen molar-refractivity contribution < 1.29 is 0 Å². The maximum Gasteiger partial charge on any atom is 0.0992 e. The average molecular weight is 1820 g/mol. The molecular formula is C132H79N11. The molecule has 11 nitrogen and oxygen atoms in total. The molecule has 0 bridgehead atoms. The molecule has 0 saturated heterocycles. The van der Waals surface area contributed by atoms with Gasteiger partial charge in [0.2, 0.25) is 0 Å². The van der Waals surface area contributed by atoms with Crippen molar-refractivity contribution >= 4 is 173 Å². The van der Waals surface area contributed by atoms with E-state index in [1.807, 2.05) is 97.8 Å². The lowest BCUT2D eigenvalue weighted by Gasteiger charge is -2.22. The largest absolute Gasteiger partial charge is 0.309 e. The van der Waals surface area contributed by atoms with E-state index in [0.29, 0.717) is 16.7 Å². The van der Waals surface area contributed by atoms with E-state index in [4.69, 9.17) is 15.0 Å². The second-order valence-electron chi connectivity index (χ2n) is 37.6. The van der Waals surface area contributed by atoms with Crippen LogP contribution in [0.25, 0.3) is 263 Å². The van der Waals surface area contributed by atoms with Crippen molar-refractivity contribution in [3.63, 3.8) is 0 Å². The maximum absolute atomic E-state index is 9.75. The van der Waals surface area contributed by atoms with Gasteiger partial charge in [-0.3, -0.25) is 15.0 Å². The van der Waals surface area contributed by atoms with Crippen molar-refractivity contribution in [3.05, 3.63) is 471 Å². The van der Waals surface area contributed by atoms with E-state index >= 15 is 0 Å². The van der Waals surface area contributed by atoms with Crippen LogP contribution in [0.1, 0.15) is 41.7 Å². The third kappa shape index (κ3) is 13.3. The van der Waals surface area contributed by atoms with Gasteiger partial charge in [0.15, 0.2) is 0 Å². The molecule has 11 heteroatoms. The SMILES string of the molecule is CC1(C)c2cc(C#N)ccc2-c2ccc(-c3cccc(-c4nc5c6ccccc6c6ccccc6c5c5ccncc45)c3)cc21.N#Cc1ccc2c(c1)c1cc(-c3cccc(-c4nc5c6ccccc6c6ccccc6c5c5ccncc45)c3)ccc1n2-c1ccccc1.N#Cc1ccc2c3cc(-c4cccc(-c5nc6c7ccccc7c7ccccc7c6c6ccncc56)c4)ccc3n(-c3ccccc3)c2c1. The molecule has 0 atom stereocenters. The molecule has 0 spiro atoms. The molecule has 29 rings (SSSR count). The highest BCUT2D eigenvalue weighted by atomic mass is 15.0. The molecule has 0 fully saturated rings. The Hall–Kier alpha value is -19.5. The number of hydrogen-bond acceptors (Lipinski definition) is 9. The number of fused-ring (bicyclic) bond motifs is 33. The molecule has 662 valence electrons. The first-order valence-corrected chi connectivity index (χ1v) is 48.1. The Morgan fingerprint density at radius 3 is 0.923 bits per heavy atom. The van der Waals surface area contributed by atoms with Crippen LogP contribution in [0.3, 0.4) is 0 Å². The molecule has 0 unspecified atom stereocenters. The summed E-state index contributed by atoms with van der Waals surface area (Å²) in [5.74, 6) is 0. The van der Waals surface area contributed by atoms with Crippen LogP contribution in [0.15, 0.2) is 444 Å². The highest BCUT2D eigenvalue weighted by Gasteiger charge is 2.36. The van der Waals surface area contributed by atoms with E-state index in [1.54, 1.807) is 0 Å². The van der Waals surface area contributed by atoms with Gasteiger partial charge in [0.25, 0.3) is 0 Å². The van der Waals surface area contributed by atoms with Gasteiger partial charge >= 0.3 is 0 Å². The molecule has 28 aromatic rings. The Bertz CT molecular complexity index is 10500. The number of nitriles is 3. The Kier molecular flexibility index (Phi) is 19.2. The Labute approximate surface area is 820 Å². The number of para-hydroxylation sites is 2. The smallest absolute Gasteiger partial charge is 0.0992 e. The van der Waals surface area contributed by atoms with Crippen LogP contribution in [-0.2, 0) is 5.41 Å². The molecule has 0 aliphatic heterocycles. The zero-order valence-corrected chi connectivity index (χ0v) is 77.6. The lowest BCUT2D eigenvalue weighted by molar-refractivity contribution is 0.660. The van der Waals surface area contributed by atoms with Crippen molar-refractivity contribution in [2.75, 3.05) is 0 Å². The topological polar surface area (TPSA) is 159 Å². The number of nitrogens with zero attached hydrogens (tertiary/aromatic N) is 11. The summed E-state index contributed by atoms with van der Waals surface area (Å²) in [6.45, 7) is 4.51. The molecule has 0 N–H and O–H groups in total. The summed E-state index contributed by atoms with van der Waals surface area (Å²) >= 11 is 0. The van der Waals surface area contributed by atoms with Gasteiger partial charge in [-0.05, 0) is 254 Å². The first-order chi connectivity index (χ1) is 70.6. The van der Waals surface area contributed by atoms with Gasteiger partial charge in [0.05, 0.1) is 90.6 Å². The molecule has 8 aromatic heterocycles. The fraction of sp³-hybridized carbons (Fsp3) is 0.0227. The molecule has 1 aliphatic carbocycles. The molecule has 20 aromatic carbocycles. The minimum atomic E-state index is -0.198. The Morgan fingerprint density at radius 2 is 0.503 bits per heavy atom. The second-order valence-corrected chi connectivity index (χ2v) is 37.6. The van der Waals surface area contributed by atoms with Gasteiger partial charge in [-0.15, -0.1) is 0 Å². The number of rotatable bonds is 8. The quantitative estimate of drug-likeness (QED) is 0.135. The van der Waals surface area contributed by atoms with E-state index in [9.17, 15) is 15.8 Å². The Morgan fingerprint density at radius 1 is 0.210 bits per heavy atom. The van der Waals surface area contributed by atoms with Gasteiger partial charge in [-0.2, -0.15) is 15.8 Å². The van der Waals surface area contributed by atoms with Crippen LogP contribution in [0.4, 0.5) is 0 Å². The van der Waals surface area contributed by atoms with E-state index in [0.717, 1.165) is 198 Å². The lowest BCUT2D eigenvalue weighted by Crippen LogP contribution is -2.15. The van der Waals surface area contributed by atoms with Gasteiger partial charge in [-0.1, -0.05) is 287 Å². The predicted octanol–water partition coefficient (Wildman–Crippen LogP) is 33.4. The molecular weight excluding hydrogens is 1740 g/mol.